The SMILES string of the molecule is C[C@@H](N)[C@H](NC(=O)c1ccc(C#Cc2ccc(CN3CCC(F)(F)CC3)cc2)cc1)C(N)=O. The summed E-state index contributed by atoms with van der Waals surface area (Å²) in [7, 11) is 0. The number of rotatable bonds is 6. The summed E-state index contributed by atoms with van der Waals surface area (Å²) in [6, 6.07) is 12.8. The minimum Gasteiger partial charge on any atom is -0.368 e. The third-order valence-electron chi connectivity index (χ3n) is 5.56. The second-order valence-corrected chi connectivity index (χ2v) is 8.37. The molecule has 0 saturated carbocycles. The summed E-state index contributed by atoms with van der Waals surface area (Å²) in [4.78, 5) is 25.8. The lowest BCUT2D eigenvalue weighted by atomic mass is 10.1. The van der Waals surface area contributed by atoms with E-state index in [0.717, 1.165) is 16.7 Å². The van der Waals surface area contributed by atoms with Gasteiger partial charge < -0.3 is 16.8 Å². The Kier molecular flexibility index (Phi) is 7.79. The summed E-state index contributed by atoms with van der Waals surface area (Å²) in [5, 5.41) is 2.53. The summed E-state index contributed by atoms with van der Waals surface area (Å²) in [5.41, 5.74) is 13.9. The predicted octanol–water partition coefficient (Wildman–Crippen LogP) is 2.25. The van der Waals surface area contributed by atoms with Crippen LogP contribution in [0, 0.1) is 11.8 Å². The van der Waals surface area contributed by atoms with Crippen LogP contribution in [0.1, 0.15) is 46.8 Å². The van der Waals surface area contributed by atoms with Gasteiger partial charge in [-0.1, -0.05) is 24.0 Å². The third kappa shape index (κ3) is 7.11. The zero-order chi connectivity index (χ0) is 24.0. The number of nitrogens with two attached hydrogens (primary N) is 2. The fraction of sp³-hybridized carbons (Fsp3) is 0.360. The number of hydrogen-bond acceptors (Lipinski definition) is 4. The van der Waals surface area contributed by atoms with Crippen LogP contribution in [0.4, 0.5) is 8.78 Å². The maximum atomic E-state index is 13.3. The van der Waals surface area contributed by atoms with Crippen molar-refractivity contribution in [3.05, 3.63) is 70.8 Å². The number of nitrogens with one attached hydrogen (secondary N) is 1. The van der Waals surface area contributed by atoms with Crippen molar-refractivity contribution in [2.75, 3.05) is 13.1 Å². The highest BCUT2D eigenvalue weighted by molar-refractivity contribution is 5.97. The fourth-order valence-corrected chi connectivity index (χ4v) is 3.53. The Morgan fingerprint density at radius 2 is 1.55 bits per heavy atom. The Morgan fingerprint density at radius 3 is 2.03 bits per heavy atom. The van der Waals surface area contributed by atoms with E-state index in [2.05, 4.69) is 17.2 Å². The van der Waals surface area contributed by atoms with Gasteiger partial charge in [0.1, 0.15) is 6.04 Å². The summed E-state index contributed by atoms with van der Waals surface area (Å²) < 4.78 is 26.6. The highest BCUT2D eigenvalue weighted by atomic mass is 19.3. The molecule has 0 radical (unpaired) electrons. The molecule has 1 heterocycles. The normalized spacial score (nSPS) is 17.3. The van der Waals surface area contributed by atoms with E-state index >= 15 is 0 Å². The summed E-state index contributed by atoms with van der Waals surface area (Å²) in [6.07, 6.45) is -0.177. The largest absolute Gasteiger partial charge is 0.368 e. The Labute approximate surface area is 192 Å². The number of benzene rings is 2. The van der Waals surface area contributed by atoms with Crippen molar-refractivity contribution in [1.29, 1.82) is 0 Å². The van der Waals surface area contributed by atoms with E-state index in [4.69, 9.17) is 11.5 Å². The molecule has 0 spiro atoms. The summed E-state index contributed by atoms with van der Waals surface area (Å²) >= 11 is 0. The minimum absolute atomic E-state index is 0.0884. The van der Waals surface area contributed by atoms with Crippen LogP contribution < -0.4 is 16.8 Å². The summed E-state index contributed by atoms with van der Waals surface area (Å²) in [6.45, 7) is 3.04. The van der Waals surface area contributed by atoms with E-state index in [1.165, 1.54) is 0 Å². The van der Waals surface area contributed by atoms with Crippen LogP contribution in [0.2, 0.25) is 0 Å². The highest BCUT2D eigenvalue weighted by Gasteiger charge is 2.33. The van der Waals surface area contributed by atoms with Crippen molar-refractivity contribution in [2.24, 2.45) is 11.5 Å². The Hall–Kier alpha value is -3.28. The smallest absolute Gasteiger partial charge is 0.251 e. The van der Waals surface area contributed by atoms with Gasteiger partial charge in [0.25, 0.3) is 11.8 Å². The van der Waals surface area contributed by atoms with E-state index in [1.807, 2.05) is 29.2 Å². The molecule has 0 aromatic heterocycles. The molecule has 0 aliphatic carbocycles. The quantitative estimate of drug-likeness (QED) is 0.583. The van der Waals surface area contributed by atoms with Crippen LogP contribution in [-0.2, 0) is 11.3 Å². The lowest BCUT2D eigenvalue weighted by Gasteiger charge is -2.31. The number of piperidine rings is 1. The molecular weight excluding hydrogens is 426 g/mol. The molecule has 33 heavy (non-hydrogen) atoms. The second-order valence-electron chi connectivity index (χ2n) is 8.37. The highest BCUT2D eigenvalue weighted by Crippen LogP contribution is 2.28. The van der Waals surface area contributed by atoms with Crippen molar-refractivity contribution in [3.8, 4) is 11.8 Å². The zero-order valence-electron chi connectivity index (χ0n) is 18.5. The lowest BCUT2D eigenvalue weighted by Crippen LogP contribution is -2.53. The number of nitrogens with zero attached hydrogens (tertiary/aromatic N) is 1. The fourth-order valence-electron chi connectivity index (χ4n) is 3.53. The van der Waals surface area contributed by atoms with Crippen molar-refractivity contribution in [2.45, 2.75) is 44.3 Å². The molecule has 1 fully saturated rings. The van der Waals surface area contributed by atoms with Crippen molar-refractivity contribution in [1.82, 2.24) is 10.2 Å². The number of halogens is 2. The molecule has 2 atom stereocenters. The van der Waals surface area contributed by atoms with Gasteiger partial charge in [-0.05, 0) is 48.9 Å². The molecule has 0 unspecified atom stereocenters. The van der Waals surface area contributed by atoms with Crippen LogP contribution in [0.15, 0.2) is 48.5 Å². The first-order valence-corrected chi connectivity index (χ1v) is 10.8. The number of primary amides is 1. The van der Waals surface area contributed by atoms with Gasteiger partial charge in [-0.2, -0.15) is 0 Å². The lowest BCUT2D eigenvalue weighted by molar-refractivity contribution is -0.120. The van der Waals surface area contributed by atoms with E-state index in [9.17, 15) is 18.4 Å². The van der Waals surface area contributed by atoms with Crippen LogP contribution in [-0.4, -0.2) is 47.8 Å². The minimum atomic E-state index is -2.53. The first-order valence-electron chi connectivity index (χ1n) is 10.8. The maximum absolute atomic E-state index is 13.3. The zero-order valence-corrected chi connectivity index (χ0v) is 18.5. The van der Waals surface area contributed by atoms with Gasteiger partial charge in [-0.25, -0.2) is 8.78 Å². The molecule has 8 heteroatoms. The molecule has 2 aromatic rings. The molecule has 1 aliphatic heterocycles. The molecule has 5 N–H and O–H groups in total. The van der Waals surface area contributed by atoms with E-state index in [0.29, 0.717) is 25.2 Å². The molecule has 1 saturated heterocycles. The molecular formula is C25H28F2N4O2. The van der Waals surface area contributed by atoms with Crippen LogP contribution in [0.3, 0.4) is 0 Å². The maximum Gasteiger partial charge on any atom is 0.251 e. The van der Waals surface area contributed by atoms with E-state index in [-0.39, 0.29) is 12.8 Å². The van der Waals surface area contributed by atoms with Gasteiger partial charge in [0.05, 0.1) is 0 Å². The predicted molar refractivity (Wildman–Crippen MR) is 122 cm³/mol. The van der Waals surface area contributed by atoms with Gasteiger partial charge in [-0.3, -0.25) is 14.5 Å². The molecule has 174 valence electrons. The van der Waals surface area contributed by atoms with Gasteiger partial charge in [0, 0.05) is 55.2 Å². The Balaban J connectivity index is 1.56. The van der Waals surface area contributed by atoms with Crippen LogP contribution in [0.25, 0.3) is 0 Å². The monoisotopic (exact) mass is 454 g/mol. The van der Waals surface area contributed by atoms with Crippen molar-refractivity contribution in [3.63, 3.8) is 0 Å². The second kappa shape index (κ2) is 10.6. The number of amides is 2. The molecule has 2 aromatic carbocycles. The number of likely N-dealkylation sites (tertiary alicyclic amines) is 1. The number of hydrogen-bond donors (Lipinski definition) is 3. The van der Waals surface area contributed by atoms with Crippen LogP contribution in [0.5, 0.6) is 0 Å². The number of alkyl halides is 2. The first kappa shape index (κ1) is 24.4. The summed E-state index contributed by atoms with van der Waals surface area (Å²) in [5.74, 6) is 2.45. The van der Waals surface area contributed by atoms with Gasteiger partial charge in [0.15, 0.2) is 0 Å². The van der Waals surface area contributed by atoms with Gasteiger partial charge >= 0.3 is 0 Å². The molecule has 1 aliphatic rings. The molecule has 0 bridgehead atoms. The van der Waals surface area contributed by atoms with E-state index in [1.54, 1.807) is 31.2 Å². The number of carbonyl (C=O) groups excluding carboxylic acids is 2. The Bertz CT molecular complexity index is 1030. The standard InChI is InChI=1S/C25H28F2N4O2/c1-17(28)22(23(29)32)30-24(33)21-10-8-19(9-11-21)3-2-18-4-6-20(7-5-18)16-31-14-12-25(26,27)13-15-31/h4-11,17,22H,12-16,28H2,1H3,(H2,29,32)(H,30,33)/t17-,22+/m1/s1. The van der Waals surface area contributed by atoms with Crippen molar-refractivity contribution < 1.29 is 18.4 Å². The topological polar surface area (TPSA) is 101 Å². The van der Waals surface area contributed by atoms with Crippen molar-refractivity contribution >= 4 is 11.8 Å². The van der Waals surface area contributed by atoms with Gasteiger partial charge in [0.2, 0.25) is 5.91 Å². The average Bonchev–Trinajstić information content (AvgIpc) is 2.78. The third-order valence-corrected chi connectivity index (χ3v) is 5.56. The molecule has 3 rings (SSSR count). The number of carbonyl (C=O) groups is 2. The van der Waals surface area contributed by atoms with E-state index < -0.39 is 29.8 Å². The average molecular weight is 455 g/mol. The molecule has 6 nitrogen and oxygen atoms in total. The van der Waals surface area contributed by atoms with Crippen LogP contribution >= 0.6 is 0 Å². The van der Waals surface area contributed by atoms with Gasteiger partial charge in [-0.15, -0.1) is 0 Å². The molecule has 2 amide bonds. The Morgan fingerprint density at radius 1 is 1.03 bits per heavy atom. The first-order chi connectivity index (χ1) is 15.6.